The van der Waals surface area contributed by atoms with Gasteiger partial charge in [-0.2, -0.15) is 0 Å². The summed E-state index contributed by atoms with van der Waals surface area (Å²) < 4.78 is 10.7. The number of methoxy groups -OCH3 is 1. The Bertz CT molecular complexity index is 876. The first-order chi connectivity index (χ1) is 11.7. The molecule has 4 nitrogen and oxygen atoms in total. The lowest BCUT2D eigenvalue weighted by Crippen LogP contribution is -1.92. The van der Waals surface area contributed by atoms with Gasteiger partial charge in [0.2, 0.25) is 0 Å². The molecular formula is C19H17ClN2O2. The molecule has 0 bridgehead atoms. The number of aromatic nitrogens is 2. The Kier molecular flexibility index (Phi) is 4.96. The summed E-state index contributed by atoms with van der Waals surface area (Å²) in [5, 5.41) is 1.23. The Hall–Kier alpha value is -2.59. The second-order valence-corrected chi connectivity index (χ2v) is 5.45. The summed E-state index contributed by atoms with van der Waals surface area (Å²) in [4.78, 5) is 8.84. The van der Waals surface area contributed by atoms with E-state index in [1.54, 1.807) is 7.11 Å². The molecule has 0 saturated heterocycles. The lowest BCUT2D eigenvalue weighted by atomic mass is 10.2. The largest absolute Gasteiger partial charge is 0.497 e. The first kappa shape index (κ1) is 16.3. The zero-order chi connectivity index (χ0) is 16.9. The molecule has 0 radical (unpaired) electrons. The van der Waals surface area contributed by atoms with Crippen LogP contribution >= 0.6 is 11.6 Å². The fraction of sp³-hybridized carbons (Fsp3) is 0.158. The summed E-state index contributed by atoms with van der Waals surface area (Å²) >= 11 is 6.25. The van der Waals surface area contributed by atoms with Crippen LogP contribution in [0.2, 0.25) is 5.15 Å². The highest BCUT2D eigenvalue weighted by Crippen LogP contribution is 2.25. The molecule has 3 rings (SSSR count). The van der Waals surface area contributed by atoms with Gasteiger partial charge in [-0.05, 0) is 42.8 Å². The molecule has 0 atom stereocenters. The minimum Gasteiger partial charge on any atom is -0.497 e. The Morgan fingerprint density at radius 3 is 2.46 bits per heavy atom. The van der Waals surface area contributed by atoms with Crippen LogP contribution in [-0.4, -0.2) is 23.7 Å². The van der Waals surface area contributed by atoms with Crippen molar-refractivity contribution in [2.75, 3.05) is 13.7 Å². The molecule has 0 N–H and O–H groups in total. The van der Waals surface area contributed by atoms with Crippen LogP contribution in [0.25, 0.3) is 23.1 Å². The smallest absolute Gasteiger partial charge is 0.154 e. The summed E-state index contributed by atoms with van der Waals surface area (Å²) in [6.45, 7) is 2.62. The van der Waals surface area contributed by atoms with Crippen LogP contribution in [0.3, 0.4) is 0 Å². The standard InChI is InChI=1S/C19H17ClN2O2/c1-3-24-14-7-4-13(5-8-14)6-11-18-21-17-12-15(23-2)9-10-16(17)19(20)22-18/h4-12H,3H2,1-2H3/b11-6+. The minimum absolute atomic E-state index is 0.425. The molecule has 0 saturated carbocycles. The molecule has 0 unspecified atom stereocenters. The van der Waals surface area contributed by atoms with E-state index in [4.69, 9.17) is 21.1 Å². The topological polar surface area (TPSA) is 44.2 Å². The Balaban J connectivity index is 1.88. The van der Waals surface area contributed by atoms with Crippen LogP contribution in [0.15, 0.2) is 42.5 Å². The number of hydrogen-bond acceptors (Lipinski definition) is 4. The summed E-state index contributed by atoms with van der Waals surface area (Å²) in [7, 11) is 1.62. The van der Waals surface area contributed by atoms with Gasteiger partial charge in [0.25, 0.3) is 0 Å². The van der Waals surface area contributed by atoms with E-state index in [9.17, 15) is 0 Å². The van der Waals surface area contributed by atoms with Crippen LogP contribution in [0.1, 0.15) is 18.3 Å². The number of benzene rings is 2. The number of halogens is 1. The van der Waals surface area contributed by atoms with E-state index in [1.807, 2.05) is 61.5 Å². The second kappa shape index (κ2) is 7.32. The van der Waals surface area contributed by atoms with Crippen molar-refractivity contribution in [3.8, 4) is 11.5 Å². The zero-order valence-corrected chi connectivity index (χ0v) is 14.2. The molecule has 0 amide bonds. The van der Waals surface area contributed by atoms with E-state index in [1.165, 1.54) is 0 Å². The van der Waals surface area contributed by atoms with Crippen molar-refractivity contribution in [3.05, 3.63) is 59.0 Å². The molecule has 1 heterocycles. The molecule has 122 valence electrons. The number of fused-ring (bicyclic) bond motifs is 1. The minimum atomic E-state index is 0.425. The van der Waals surface area contributed by atoms with Gasteiger partial charge >= 0.3 is 0 Å². The number of hydrogen-bond donors (Lipinski definition) is 0. The van der Waals surface area contributed by atoms with Gasteiger partial charge < -0.3 is 9.47 Å². The van der Waals surface area contributed by atoms with Crippen molar-refractivity contribution in [2.45, 2.75) is 6.92 Å². The summed E-state index contributed by atoms with van der Waals surface area (Å²) in [6, 6.07) is 13.4. The molecule has 2 aromatic carbocycles. The van der Waals surface area contributed by atoms with E-state index in [0.717, 1.165) is 28.0 Å². The molecule has 0 aliphatic heterocycles. The molecular weight excluding hydrogens is 324 g/mol. The Labute approximate surface area is 145 Å². The van der Waals surface area contributed by atoms with Crippen molar-refractivity contribution in [2.24, 2.45) is 0 Å². The Morgan fingerprint density at radius 2 is 1.75 bits per heavy atom. The van der Waals surface area contributed by atoms with Crippen LogP contribution in [0, 0.1) is 0 Å². The van der Waals surface area contributed by atoms with Gasteiger partial charge in [-0.3, -0.25) is 0 Å². The molecule has 5 heteroatoms. The summed E-state index contributed by atoms with van der Waals surface area (Å²) in [5.74, 6) is 2.14. The molecule has 3 aromatic rings. The van der Waals surface area contributed by atoms with Gasteiger partial charge in [0.1, 0.15) is 16.7 Å². The van der Waals surface area contributed by atoms with Gasteiger partial charge in [0.15, 0.2) is 5.82 Å². The highest BCUT2D eigenvalue weighted by atomic mass is 35.5. The van der Waals surface area contributed by atoms with E-state index in [-0.39, 0.29) is 0 Å². The number of rotatable bonds is 5. The van der Waals surface area contributed by atoms with E-state index in [0.29, 0.717) is 17.6 Å². The highest BCUT2D eigenvalue weighted by Gasteiger charge is 2.05. The number of ether oxygens (including phenoxy) is 2. The van der Waals surface area contributed by atoms with Crippen LogP contribution in [0.4, 0.5) is 0 Å². The lowest BCUT2D eigenvalue weighted by molar-refractivity contribution is 0.340. The molecule has 24 heavy (non-hydrogen) atoms. The van der Waals surface area contributed by atoms with Gasteiger partial charge in [-0.25, -0.2) is 9.97 Å². The monoisotopic (exact) mass is 340 g/mol. The normalized spacial score (nSPS) is 11.1. The zero-order valence-electron chi connectivity index (χ0n) is 13.5. The van der Waals surface area contributed by atoms with Gasteiger partial charge in [-0.15, -0.1) is 0 Å². The SMILES string of the molecule is CCOc1ccc(/C=C/c2nc(Cl)c3ccc(OC)cc3n2)cc1. The van der Waals surface area contributed by atoms with Gasteiger partial charge in [0, 0.05) is 11.5 Å². The van der Waals surface area contributed by atoms with E-state index >= 15 is 0 Å². The van der Waals surface area contributed by atoms with E-state index < -0.39 is 0 Å². The fourth-order valence-electron chi connectivity index (χ4n) is 2.30. The molecule has 0 aliphatic carbocycles. The highest BCUT2D eigenvalue weighted by molar-refractivity contribution is 6.34. The van der Waals surface area contributed by atoms with Crippen molar-refractivity contribution < 1.29 is 9.47 Å². The van der Waals surface area contributed by atoms with Crippen molar-refractivity contribution in [3.63, 3.8) is 0 Å². The molecule has 0 aliphatic rings. The third-order valence-corrected chi connectivity index (χ3v) is 3.78. The Morgan fingerprint density at radius 1 is 1.00 bits per heavy atom. The predicted molar refractivity (Wildman–Crippen MR) is 97.6 cm³/mol. The lowest BCUT2D eigenvalue weighted by Gasteiger charge is -2.04. The second-order valence-electron chi connectivity index (χ2n) is 5.09. The quantitative estimate of drug-likeness (QED) is 0.622. The van der Waals surface area contributed by atoms with Crippen molar-refractivity contribution in [1.29, 1.82) is 0 Å². The molecule has 0 fully saturated rings. The molecule has 1 aromatic heterocycles. The first-order valence-electron chi connectivity index (χ1n) is 7.62. The van der Waals surface area contributed by atoms with Crippen LogP contribution in [0.5, 0.6) is 11.5 Å². The third-order valence-electron chi connectivity index (χ3n) is 3.49. The predicted octanol–water partition coefficient (Wildman–Crippen LogP) is 4.86. The van der Waals surface area contributed by atoms with Gasteiger partial charge in [-0.1, -0.05) is 29.8 Å². The maximum Gasteiger partial charge on any atom is 0.154 e. The third kappa shape index (κ3) is 3.66. The maximum atomic E-state index is 6.25. The number of nitrogens with zero attached hydrogens (tertiary/aromatic N) is 2. The van der Waals surface area contributed by atoms with Crippen LogP contribution in [-0.2, 0) is 0 Å². The van der Waals surface area contributed by atoms with Crippen LogP contribution < -0.4 is 9.47 Å². The maximum absolute atomic E-state index is 6.25. The average molecular weight is 341 g/mol. The average Bonchev–Trinajstić information content (AvgIpc) is 2.61. The fourth-order valence-corrected chi connectivity index (χ4v) is 2.55. The molecule has 0 spiro atoms. The first-order valence-corrected chi connectivity index (χ1v) is 7.99. The summed E-state index contributed by atoms with van der Waals surface area (Å²) in [6.07, 6.45) is 3.77. The summed E-state index contributed by atoms with van der Waals surface area (Å²) in [5.41, 5.74) is 1.78. The van der Waals surface area contributed by atoms with E-state index in [2.05, 4.69) is 9.97 Å². The van der Waals surface area contributed by atoms with Crippen molar-refractivity contribution >= 4 is 34.7 Å². The van der Waals surface area contributed by atoms with Gasteiger partial charge in [0.05, 0.1) is 19.2 Å². The van der Waals surface area contributed by atoms with Crippen molar-refractivity contribution in [1.82, 2.24) is 9.97 Å².